The first-order chi connectivity index (χ1) is 10.9. The number of amides is 1. The Bertz CT molecular complexity index is 704. The summed E-state index contributed by atoms with van der Waals surface area (Å²) in [5.41, 5.74) is 0.416. The van der Waals surface area contributed by atoms with Gasteiger partial charge in [-0.15, -0.1) is 0 Å². The average Bonchev–Trinajstić information content (AvgIpc) is 2.50. The standard InChI is InChI=1S/C16H14F4N2O/c1-22(8-10-2-4-11(17)5-3-10)9-14(23)21-13-7-6-12(18)15(19)16(13)20/h2-7H,8-9H2,1H3,(H,21,23)/p+1. The van der Waals surface area contributed by atoms with Crippen LogP contribution >= 0.6 is 0 Å². The van der Waals surface area contributed by atoms with Gasteiger partial charge in [0.05, 0.1) is 12.7 Å². The van der Waals surface area contributed by atoms with Gasteiger partial charge in [0.25, 0.3) is 5.91 Å². The predicted octanol–water partition coefficient (Wildman–Crippen LogP) is 1.90. The summed E-state index contributed by atoms with van der Waals surface area (Å²) in [7, 11) is 1.73. The summed E-state index contributed by atoms with van der Waals surface area (Å²) in [6.45, 7) is 0.434. The van der Waals surface area contributed by atoms with Gasteiger partial charge in [0.1, 0.15) is 12.4 Å². The number of likely N-dealkylation sites (N-methyl/N-ethyl adjacent to an activating group) is 1. The molecule has 2 aromatic carbocycles. The third kappa shape index (κ3) is 4.53. The number of anilines is 1. The molecule has 0 aromatic heterocycles. The Morgan fingerprint density at radius 3 is 2.30 bits per heavy atom. The van der Waals surface area contributed by atoms with E-state index in [1.165, 1.54) is 12.1 Å². The molecule has 0 aliphatic rings. The lowest BCUT2D eigenvalue weighted by Gasteiger charge is -2.14. The lowest BCUT2D eigenvalue weighted by molar-refractivity contribution is -0.885. The second kappa shape index (κ2) is 7.23. The van der Waals surface area contributed by atoms with E-state index in [2.05, 4.69) is 5.32 Å². The number of hydrogen-bond donors (Lipinski definition) is 2. The van der Waals surface area contributed by atoms with Gasteiger partial charge in [-0.25, -0.2) is 17.6 Å². The van der Waals surface area contributed by atoms with Crippen molar-refractivity contribution in [3.63, 3.8) is 0 Å². The van der Waals surface area contributed by atoms with Crippen molar-refractivity contribution in [2.75, 3.05) is 18.9 Å². The molecule has 0 fully saturated rings. The highest BCUT2D eigenvalue weighted by atomic mass is 19.2. The number of halogens is 4. The topological polar surface area (TPSA) is 33.5 Å². The van der Waals surface area contributed by atoms with E-state index in [0.717, 1.165) is 22.6 Å². The minimum absolute atomic E-state index is 0.0180. The van der Waals surface area contributed by atoms with Gasteiger partial charge in [0, 0.05) is 5.56 Å². The van der Waals surface area contributed by atoms with Crippen LogP contribution in [0.25, 0.3) is 0 Å². The van der Waals surface area contributed by atoms with Crippen molar-refractivity contribution in [3.05, 3.63) is 65.2 Å². The molecule has 2 N–H and O–H groups in total. The number of carbonyl (C=O) groups is 1. The number of quaternary nitrogens is 1. The molecule has 1 amide bonds. The number of benzene rings is 2. The van der Waals surface area contributed by atoms with Crippen LogP contribution in [0.3, 0.4) is 0 Å². The molecule has 122 valence electrons. The fourth-order valence-corrected chi connectivity index (χ4v) is 2.10. The SMILES string of the molecule is C[NH+](CC(=O)Nc1ccc(F)c(F)c1F)Cc1ccc(F)cc1. The highest BCUT2D eigenvalue weighted by molar-refractivity contribution is 5.91. The molecular formula is C16H15F4N2O+. The maximum Gasteiger partial charge on any atom is 0.279 e. The van der Waals surface area contributed by atoms with Gasteiger partial charge in [-0.3, -0.25) is 4.79 Å². The lowest BCUT2D eigenvalue weighted by atomic mass is 10.2. The van der Waals surface area contributed by atoms with E-state index in [0.29, 0.717) is 6.54 Å². The molecule has 2 rings (SSSR count). The molecular weight excluding hydrogens is 312 g/mol. The third-order valence-corrected chi connectivity index (χ3v) is 3.19. The molecule has 0 spiro atoms. The zero-order valence-electron chi connectivity index (χ0n) is 12.3. The first-order valence-electron chi connectivity index (χ1n) is 6.86. The number of carbonyl (C=O) groups excluding carboxylic acids is 1. The van der Waals surface area contributed by atoms with Crippen molar-refractivity contribution in [1.82, 2.24) is 0 Å². The van der Waals surface area contributed by atoms with Crippen molar-refractivity contribution >= 4 is 11.6 Å². The molecule has 0 aliphatic heterocycles. The van der Waals surface area contributed by atoms with Gasteiger partial charge in [0.2, 0.25) is 0 Å². The third-order valence-electron chi connectivity index (χ3n) is 3.19. The van der Waals surface area contributed by atoms with E-state index >= 15 is 0 Å². The molecule has 0 aliphatic carbocycles. The van der Waals surface area contributed by atoms with E-state index in [9.17, 15) is 22.4 Å². The van der Waals surface area contributed by atoms with Gasteiger partial charge in [-0.1, -0.05) is 12.1 Å². The minimum atomic E-state index is -1.63. The molecule has 0 heterocycles. The Kier molecular flexibility index (Phi) is 5.33. The first kappa shape index (κ1) is 17.0. The van der Waals surface area contributed by atoms with Gasteiger partial charge in [-0.2, -0.15) is 0 Å². The Labute approximate surface area is 130 Å². The van der Waals surface area contributed by atoms with Crippen LogP contribution in [0, 0.1) is 23.3 Å². The molecule has 1 unspecified atom stereocenters. The van der Waals surface area contributed by atoms with Crippen LogP contribution in [0.5, 0.6) is 0 Å². The second-order valence-electron chi connectivity index (χ2n) is 5.21. The summed E-state index contributed by atoms with van der Waals surface area (Å²) in [6.07, 6.45) is 0. The van der Waals surface area contributed by atoms with Crippen molar-refractivity contribution in [1.29, 1.82) is 0 Å². The Balaban J connectivity index is 1.94. The van der Waals surface area contributed by atoms with E-state index in [4.69, 9.17) is 0 Å². The summed E-state index contributed by atoms with van der Waals surface area (Å²) in [6, 6.07) is 7.54. The van der Waals surface area contributed by atoms with Crippen molar-refractivity contribution in [2.45, 2.75) is 6.54 Å². The molecule has 1 atom stereocenters. The van der Waals surface area contributed by atoms with E-state index in [1.54, 1.807) is 19.2 Å². The number of rotatable bonds is 5. The van der Waals surface area contributed by atoms with Gasteiger partial charge < -0.3 is 10.2 Å². The quantitative estimate of drug-likeness (QED) is 0.638. The normalized spacial score (nSPS) is 12.0. The van der Waals surface area contributed by atoms with Crippen LogP contribution in [0.15, 0.2) is 36.4 Å². The Hall–Kier alpha value is -2.41. The molecule has 0 saturated heterocycles. The highest BCUT2D eigenvalue weighted by Gasteiger charge is 2.17. The van der Waals surface area contributed by atoms with Crippen LogP contribution in [0.4, 0.5) is 23.2 Å². The largest absolute Gasteiger partial charge is 0.326 e. The van der Waals surface area contributed by atoms with Crippen LogP contribution in [0.1, 0.15) is 5.56 Å². The van der Waals surface area contributed by atoms with Crippen molar-refractivity contribution in [2.24, 2.45) is 0 Å². The van der Waals surface area contributed by atoms with Gasteiger partial charge in [0.15, 0.2) is 24.0 Å². The summed E-state index contributed by atoms with van der Waals surface area (Å²) >= 11 is 0. The fourth-order valence-electron chi connectivity index (χ4n) is 2.10. The van der Waals surface area contributed by atoms with Crippen LogP contribution in [0.2, 0.25) is 0 Å². The van der Waals surface area contributed by atoms with Crippen molar-refractivity contribution < 1.29 is 27.3 Å². The Morgan fingerprint density at radius 1 is 1.00 bits per heavy atom. The Morgan fingerprint density at radius 2 is 1.65 bits per heavy atom. The minimum Gasteiger partial charge on any atom is -0.326 e. The molecule has 7 heteroatoms. The van der Waals surface area contributed by atoms with Gasteiger partial charge in [-0.05, 0) is 24.3 Å². The summed E-state index contributed by atoms with van der Waals surface area (Å²) < 4.78 is 52.2. The van der Waals surface area contributed by atoms with E-state index in [-0.39, 0.29) is 12.4 Å². The number of hydrogen-bond acceptors (Lipinski definition) is 1. The van der Waals surface area contributed by atoms with Crippen LogP contribution < -0.4 is 10.2 Å². The molecule has 23 heavy (non-hydrogen) atoms. The molecule has 0 bridgehead atoms. The summed E-state index contributed by atoms with van der Waals surface area (Å²) in [5.74, 6) is -5.28. The molecule has 0 saturated carbocycles. The van der Waals surface area contributed by atoms with Gasteiger partial charge >= 0.3 is 0 Å². The summed E-state index contributed by atoms with van der Waals surface area (Å²) in [4.78, 5) is 12.6. The van der Waals surface area contributed by atoms with Crippen molar-refractivity contribution in [3.8, 4) is 0 Å². The molecule has 0 radical (unpaired) electrons. The fraction of sp³-hybridized carbons (Fsp3) is 0.188. The smallest absolute Gasteiger partial charge is 0.279 e. The van der Waals surface area contributed by atoms with Crippen LogP contribution in [-0.2, 0) is 11.3 Å². The second-order valence-corrected chi connectivity index (χ2v) is 5.21. The molecule has 3 nitrogen and oxygen atoms in total. The molecule has 2 aromatic rings. The predicted molar refractivity (Wildman–Crippen MR) is 76.8 cm³/mol. The maximum absolute atomic E-state index is 13.5. The monoisotopic (exact) mass is 327 g/mol. The maximum atomic E-state index is 13.5. The summed E-state index contributed by atoms with van der Waals surface area (Å²) in [5, 5.41) is 2.20. The number of nitrogens with one attached hydrogen (secondary N) is 2. The zero-order chi connectivity index (χ0) is 17.0. The van der Waals surface area contributed by atoms with E-state index < -0.39 is 29.0 Å². The first-order valence-corrected chi connectivity index (χ1v) is 6.86. The van der Waals surface area contributed by atoms with Crippen LogP contribution in [-0.4, -0.2) is 19.5 Å². The zero-order valence-corrected chi connectivity index (χ0v) is 12.3. The van der Waals surface area contributed by atoms with E-state index in [1.807, 2.05) is 0 Å². The highest BCUT2D eigenvalue weighted by Crippen LogP contribution is 2.19. The average molecular weight is 327 g/mol. The lowest BCUT2D eigenvalue weighted by Crippen LogP contribution is -3.08.